The summed E-state index contributed by atoms with van der Waals surface area (Å²) in [4.78, 5) is 18.3. The van der Waals surface area contributed by atoms with E-state index in [0.29, 0.717) is 0 Å². The molecule has 0 aromatic carbocycles. The maximum Gasteiger partial charge on any atom is 0.321 e. The van der Waals surface area contributed by atoms with Gasteiger partial charge in [0.2, 0.25) is 0 Å². The molecule has 0 bridgehead atoms. The number of carbonyl (C=O) groups is 1. The Hall–Kier alpha value is -1.50. The molecule has 0 saturated carbocycles. The Morgan fingerprint density at radius 2 is 2.00 bits per heavy atom. The molecule has 88 valence electrons. The Bertz CT molecular complexity index is 458. The summed E-state index contributed by atoms with van der Waals surface area (Å²) in [5.74, 6) is -1.67. The molecule has 0 aliphatic heterocycles. The topological polar surface area (TPSA) is 97.2 Å². The fourth-order valence-electron chi connectivity index (χ4n) is 1.27. The summed E-state index contributed by atoms with van der Waals surface area (Å²) in [5.41, 5.74) is 0. The zero-order valence-corrected chi connectivity index (χ0v) is 9.51. The van der Waals surface area contributed by atoms with Crippen molar-refractivity contribution in [2.45, 2.75) is 24.3 Å². The minimum absolute atomic E-state index is 0.0322. The molecule has 0 aliphatic carbocycles. The SMILES string of the molecule is CCC(C(=O)O)S(=O)(=O)Cc1ncccn1. The number of nitrogens with zero attached hydrogens (tertiary/aromatic N) is 2. The number of hydrogen-bond acceptors (Lipinski definition) is 5. The number of rotatable bonds is 5. The highest BCUT2D eigenvalue weighted by Crippen LogP contribution is 2.11. The highest BCUT2D eigenvalue weighted by molar-refractivity contribution is 7.92. The van der Waals surface area contributed by atoms with E-state index < -0.39 is 26.8 Å². The van der Waals surface area contributed by atoms with Gasteiger partial charge in [-0.15, -0.1) is 0 Å². The molecule has 1 aromatic heterocycles. The van der Waals surface area contributed by atoms with Crippen LogP contribution in [0, 0.1) is 0 Å². The van der Waals surface area contributed by atoms with Crippen LogP contribution in [-0.4, -0.2) is 34.7 Å². The lowest BCUT2D eigenvalue weighted by molar-refractivity contribution is -0.136. The first-order valence-electron chi connectivity index (χ1n) is 4.67. The lowest BCUT2D eigenvalue weighted by atomic mass is 10.3. The Balaban J connectivity index is 2.91. The van der Waals surface area contributed by atoms with Gasteiger partial charge in [0.1, 0.15) is 11.6 Å². The number of carboxylic acid groups (broad SMARTS) is 1. The van der Waals surface area contributed by atoms with Gasteiger partial charge >= 0.3 is 5.97 Å². The van der Waals surface area contributed by atoms with Gasteiger partial charge in [0.15, 0.2) is 15.1 Å². The van der Waals surface area contributed by atoms with Crippen LogP contribution in [-0.2, 0) is 20.4 Å². The zero-order valence-electron chi connectivity index (χ0n) is 8.70. The first-order chi connectivity index (χ1) is 7.47. The molecule has 0 fully saturated rings. The highest BCUT2D eigenvalue weighted by Gasteiger charge is 2.31. The number of carboxylic acids is 1. The number of aromatic nitrogens is 2. The van der Waals surface area contributed by atoms with Gasteiger partial charge in [-0.25, -0.2) is 18.4 Å². The fourth-order valence-corrected chi connectivity index (χ4v) is 2.79. The van der Waals surface area contributed by atoms with Gasteiger partial charge in [-0.1, -0.05) is 6.92 Å². The van der Waals surface area contributed by atoms with Gasteiger partial charge in [-0.2, -0.15) is 0 Å². The Morgan fingerprint density at radius 3 is 2.44 bits per heavy atom. The van der Waals surface area contributed by atoms with Crippen molar-refractivity contribution >= 4 is 15.8 Å². The monoisotopic (exact) mass is 244 g/mol. The van der Waals surface area contributed by atoms with E-state index in [1.54, 1.807) is 6.07 Å². The van der Waals surface area contributed by atoms with E-state index in [4.69, 9.17) is 5.11 Å². The van der Waals surface area contributed by atoms with Gasteiger partial charge in [0.05, 0.1) is 0 Å². The lowest BCUT2D eigenvalue weighted by Crippen LogP contribution is -2.30. The molecule has 0 amide bonds. The van der Waals surface area contributed by atoms with Crippen molar-refractivity contribution in [3.8, 4) is 0 Å². The maximum atomic E-state index is 11.7. The summed E-state index contributed by atoms with van der Waals surface area (Å²) in [6.07, 6.45) is 2.86. The number of aliphatic carboxylic acids is 1. The van der Waals surface area contributed by atoms with Crippen molar-refractivity contribution in [3.63, 3.8) is 0 Å². The summed E-state index contributed by atoms with van der Waals surface area (Å²) in [5, 5.41) is 7.37. The molecule has 1 unspecified atom stereocenters. The third-order valence-corrected chi connectivity index (χ3v) is 4.09. The second-order valence-electron chi connectivity index (χ2n) is 3.21. The molecule has 7 heteroatoms. The molecule has 1 atom stereocenters. The normalized spacial score (nSPS) is 13.3. The van der Waals surface area contributed by atoms with Crippen LogP contribution >= 0.6 is 0 Å². The summed E-state index contributed by atoms with van der Waals surface area (Å²) >= 11 is 0. The Labute approximate surface area is 93.3 Å². The van der Waals surface area contributed by atoms with Gasteiger partial charge in [-0.3, -0.25) is 4.79 Å². The molecular weight excluding hydrogens is 232 g/mol. The highest BCUT2D eigenvalue weighted by atomic mass is 32.2. The maximum absolute atomic E-state index is 11.7. The van der Waals surface area contributed by atoms with E-state index in [9.17, 15) is 13.2 Å². The molecular formula is C9H12N2O4S. The van der Waals surface area contributed by atoms with Crippen LogP contribution < -0.4 is 0 Å². The summed E-state index contributed by atoms with van der Waals surface area (Å²) in [6.45, 7) is 1.52. The molecule has 0 saturated heterocycles. The molecule has 0 radical (unpaired) electrons. The van der Waals surface area contributed by atoms with Crippen molar-refractivity contribution in [1.82, 2.24) is 9.97 Å². The van der Waals surface area contributed by atoms with E-state index in [0.717, 1.165) is 0 Å². The van der Waals surface area contributed by atoms with Crippen molar-refractivity contribution in [3.05, 3.63) is 24.3 Å². The quantitative estimate of drug-likeness (QED) is 0.797. The third-order valence-electron chi connectivity index (χ3n) is 2.03. The van der Waals surface area contributed by atoms with Crippen LogP contribution in [0.15, 0.2) is 18.5 Å². The summed E-state index contributed by atoms with van der Waals surface area (Å²) < 4.78 is 23.4. The zero-order chi connectivity index (χ0) is 12.2. The minimum Gasteiger partial charge on any atom is -0.480 e. The van der Waals surface area contributed by atoms with E-state index in [1.807, 2.05) is 0 Å². The average Bonchev–Trinajstić information content (AvgIpc) is 2.18. The molecule has 1 N–H and O–H groups in total. The van der Waals surface area contributed by atoms with Crippen LogP contribution in [0.4, 0.5) is 0 Å². The molecule has 6 nitrogen and oxygen atoms in total. The predicted octanol–water partition coefficient (Wildman–Crippen LogP) is 0.255. The van der Waals surface area contributed by atoms with Crippen molar-refractivity contribution in [2.24, 2.45) is 0 Å². The third kappa shape index (κ3) is 2.99. The molecule has 1 aromatic rings. The van der Waals surface area contributed by atoms with Gasteiger partial charge in [0, 0.05) is 12.4 Å². The Kier molecular flexibility index (Phi) is 3.94. The largest absolute Gasteiger partial charge is 0.480 e. The van der Waals surface area contributed by atoms with Crippen molar-refractivity contribution < 1.29 is 18.3 Å². The van der Waals surface area contributed by atoms with Gasteiger partial charge < -0.3 is 5.11 Å². The van der Waals surface area contributed by atoms with Crippen LogP contribution in [0.1, 0.15) is 19.2 Å². The van der Waals surface area contributed by atoms with Crippen LogP contribution in [0.2, 0.25) is 0 Å². The average molecular weight is 244 g/mol. The number of hydrogen-bond donors (Lipinski definition) is 1. The first kappa shape index (κ1) is 12.6. The second-order valence-corrected chi connectivity index (χ2v) is 5.39. The van der Waals surface area contributed by atoms with E-state index in [-0.39, 0.29) is 12.2 Å². The van der Waals surface area contributed by atoms with Crippen molar-refractivity contribution in [2.75, 3.05) is 0 Å². The van der Waals surface area contributed by atoms with Crippen molar-refractivity contribution in [1.29, 1.82) is 0 Å². The van der Waals surface area contributed by atoms with Gasteiger partial charge in [-0.05, 0) is 12.5 Å². The molecule has 0 aliphatic rings. The molecule has 16 heavy (non-hydrogen) atoms. The molecule has 1 heterocycles. The smallest absolute Gasteiger partial charge is 0.321 e. The fraction of sp³-hybridized carbons (Fsp3) is 0.444. The summed E-state index contributed by atoms with van der Waals surface area (Å²) in [6, 6.07) is 1.56. The van der Waals surface area contributed by atoms with E-state index in [2.05, 4.69) is 9.97 Å². The van der Waals surface area contributed by atoms with E-state index >= 15 is 0 Å². The lowest BCUT2D eigenvalue weighted by Gasteiger charge is -2.10. The van der Waals surface area contributed by atoms with Gasteiger partial charge in [0.25, 0.3) is 0 Å². The van der Waals surface area contributed by atoms with Crippen LogP contribution in [0.5, 0.6) is 0 Å². The summed E-state index contributed by atoms with van der Waals surface area (Å²) in [7, 11) is -3.75. The van der Waals surface area contributed by atoms with E-state index in [1.165, 1.54) is 19.3 Å². The minimum atomic E-state index is -3.75. The Morgan fingerprint density at radius 1 is 1.44 bits per heavy atom. The second kappa shape index (κ2) is 5.02. The first-order valence-corrected chi connectivity index (χ1v) is 6.39. The molecule has 0 spiro atoms. The van der Waals surface area contributed by atoms with Crippen LogP contribution in [0.3, 0.4) is 0 Å². The molecule has 1 rings (SSSR count). The number of sulfone groups is 1. The predicted molar refractivity (Wildman–Crippen MR) is 56.4 cm³/mol. The van der Waals surface area contributed by atoms with Crippen LogP contribution in [0.25, 0.3) is 0 Å². The standard InChI is InChI=1S/C9H12N2O4S/c1-2-7(9(12)13)16(14,15)6-8-10-4-3-5-11-8/h3-5,7H,2,6H2,1H3,(H,12,13).